The molecular formula is C12H11ClO. The third kappa shape index (κ3) is 1.68. The highest BCUT2D eigenvalue weighted by atomic mass is 35.5. The Morgan fingerprint density at radius 3 is 2.43 bits per heavy atom. The molecule has 2 rings (SSSR count). The van der Waals surface area contributed by atoms with Crippen LogP contribution < -0.4 is 0 Å². The number of hydrogen-bond donors (Lipinski definition) is 0. The van der Waals surface area contributed by atoms with E-state index in [2.05, 4.69) is 0 Å². The molecule has 0 unspecified atom stereocenters. The molecule has 2 aromatic rings. The summed E-state index contributed by atoms with van der Waals surface area (Å²) >= 11 is 5.88. The lowest BCUT2D eigenvalue weighted by Crippen LogP contribution is -1.80. The van der Waals surface area contributed by atoms with Crippen LogP contribution >= 0.6 is 11.6 Å². The van der Waals surface area contributed by atoms with Gasteiger partial charge in [-0.2, -0.15) is 0 Å². The normalized spacial score (nSPS) is 10.5. The van der Waals surface area contributed by atoms with E-state index in [9.17, 15) is 0 Å². The highest BCUT2D eigenvalue weighted by Gasteiger charge is 2.05. The molecule has 0 aliphatic rings. The quantitative estimate of drug-likeness (QED) is 0.681. The number of furan rings is 1. The number of hydrogen-bond acceptors (Lipinski definition) is 1. The summed E-state index contributed by atoms with van der Waals surface area (Å²) < 4.78 is 5.55. The zero-order valence-corrected chi connectivity index (χ0v) is 8.93. The molecule has 2 heteroatoms. The fourth-order valence-electron chi connectivity index (χ4n) is 1.48. The molecule has 1 nitrogen and oxygen atoms in total. The standard InChI is InChI=1S/C12H11ClO/c1-8-7-10(13)4-5-11(8)12-6-3-9(2)14-12/h3-7H,1-2H3. The van der Waals surface area contributed by atoms with Gasteiger partial charge >= 0.3 is 0 Å². The van der Waals surface area contributed by atoms with Gasteiger partial charge in [-0.15, -0.1) is 0 Å². The van der Waals surface area contributed by atoms with Crippen LogP contribution in [0.15, 0.2) is 34.7 Å². The highest BCUT2D eigenvalue weighted by Crippen LogP contribution is 2.27. The zero-order valence-electron chi connectivity index (χ0n) is 8.17. The molecule has 14 heavy (non-hydrogen) atoms. The first kappa shape index (κ1) is 9.35. The van der Waals surface area contributed by atoms with Crippen molar-refractivity contribution in [2.45, 2.75) is 13.8 Å². The predicted octanol–water partition coefficient (Wildman–Crippen LogP) is 4.22. The van der Waals surface area contributed by atoms with Gasteiger partial charge in [-0.3, -0.25) is 0 Å². The SMILES string of the molecule is Cc1ccc(-c2ccc(Cl)cc2C)o1. The molecule has 0 saturated carbocycles. The van der Waals surface area contributed by atoms with Crippen molar-refractivity contribution in [2.75, 3.05) is 0 Å². The minimum atomic E-state index is 0.759. The van der Waals surface area contributed by atoms with E-state index < -0.39 is 0 Å². The van der Waals surface area contributed by atoms with Crippen molar-refractivity contribution in [3.8, 4) is 11.3 Å². The number of aryl methyl sites for hydroxylation is 2. The van der Waals surface area contributed by atoms with E-state index >= 15 is 0 Å². The summed E-state index contributed by atoms with van der Waals surface area (Å²) in [6, 6.07) is 9.74. The van der Waals surface area contributed by atoms with E-state index in [4.69, 9.17) is 16.0 Å². The van der Waals surface area contributed by atoms with E-state index in [0.29, 0.717) is 0 Å². The molecule has 1 aromatic carbocycles. The molecule has 0 saturated heterocycles. The van der Waals surface area contributed by atoms with Gasteiger partial charge < -0.3 is 4.42 Å². The maximum atomic E-state index is 5.88. The largest absolute Gasteiger partial charge is 0.461 e. The molecule has 0 amide bonds. The van der Waals surface area contributed by atoms with Crippen LogP contribution in [0.25, 0.3) is 11.3 Å². The second kappa shape index (κ2) is 3.50. The van der Waals surface area contributed by atoms with Crippen molar-refractivity contribution in [1.82, 2.24) is 0 Å². The van der Waals surface area contributed by atoms with Crippen molar-refractivity contribution in [3.63, 3.8) is 0 Å². The predicted molar refractivity (Wildman–Crippen MR) is 58.6 cm³/mol. The fraction of sp³-hybridized carbons (Fsp3) is 0.167. The van der Waals surface area contributed by atoms with E-state index in [-0.39, 0.29) is 0 Å². The average molecular weight is 207 g/mol. The number of benzene rings is 1. The Kier molecular flexibility index (Phi) is 2.34. The summed E-state index contributed by atoms with van der Waals surface area (Å²) in [5.41, 5.74) is 2.23. The average Bonchev–Trinajstić information content (AvgIpc) is 2.51. The summed E-state index contributed by atoms with van der Waals surface area (Å²) in [4.78, 5) is 0. The Bertz CT molecular complexity index is 457. The lowest BCUT2D eigenvalue weighted by atomic mass is 10.1. The topological polar surface area (TPSA) is 13.1 Å². The van der Waals surface area contributed by atoms with Crippen LogP contribution in [0, 0.1) is 13.8 Å². The van der Waals surface area contributed by atoms with Crippen molar-refractivity contribution >= 4 is 11.6 Å². The molecule has 1 heterocycles. The molecule has 1 aromatic heterocycles. The van der Waals surface area contributed by atoms with Crippen LogP contribution in [-0.4, -0.2) is 0 Å². The molecular weight excluding hydrogens is 196 g/mol. The van der Waals surface area contributed by atoms with E-state index in [1.165, 1.54) is 0 Å². The van der Waals surface area contributed by atoms with Crippen molar-refractivity contribution < 1.29 is 4.42 Å². The maximum Gasteiger partial charge on any atom is 0.134 e. The molecule has 0 spiro atoms. The summed E-state index contributed by atoms with van der Waals surface area (Å²) in [5.74, 6) is 1.83. The summed E-state index contributed by atoms with van der Waals surface area (Å²) in [6.07, 6.45) is 0. The second-order valence-corrected chi connectivity index (χ2v) is 3.81. The molecule has 0 atom stereocenters. The van der Waals surface area contributed by atoms with Gasteiger partial charge in [0.1, 0.15) is 11.5 Å². The Balaban J connectivity index is 2.52. The minimum Gasteiger partial charge on any atom is -0.461 e. The van der Waals surface area contributed by atoms with E-state index in [1.807, 2.05) is 44.2 Å². The van der Waals surface area contributed by atoms with Crippen LogP contribution in [0.3, 0.4) is 0 Å². The van der Waals surface area contributed by atoms with Gasteiger partial charge in [-0.1, -0.05) is 11.6 Å². The van der Waals surface area contributed by atoms with Crippen LogP contribution in [-0.2, 0) is 0 Å². The fourth-order valence-corrected chi connectivity index (χ4v) is 1.71. The molecule has 72 valence electrons. The Morgan fingerprint density at radius 1 is 1.07 bits per heavy atom. The van der Waals surface area contributed by atoms with Crippen LogP contribution in [0.4, 0.5) is 0 Å². The van der Waals surface area contributed by atoms with Gasteiger partial charge in [0.25, 0.3) is 0 Å². The smallest absolute Gasteiger partial charge is 0.134 e. The first-order valence-corrected chi connectivity index (χ1v) is 4.87. The van der Waals surface area contributed by atoms with Crippen molar-refractivity contribution in [3.05, 3.63) is 46.7 Å². The first-order valence-electron chi connectivity index (χ1n) is 4.50. The van der Waals surface area contributed by atoms with Crippen molar-refractivity contribution in [2.24, 2.45) is 0 Å². The summed E-state index contributed by atoms with van der Waals surface area (Å²) in [7, 11) is 0. The number of rotatable bonds is 1. The molecule has 0 radical (unpaired) electrons. The second-order valence-electron chi connectivity index (χ2n) is 3.37. The van der Waals surface area contributed by atoms with Crippen LogP contribution in [0.1, 0.15) is 11.3 Å². The molecule has 0 aliphatic carbocycles. The van der Waals surface area contributed by atoms with Gasteiger partial charge in [-0.05, 0) is 49.7 Å². The Morgan fingerprint density at radius 2 is 1.86 bits per heavy atom. The van der Waals surface area contributed by atoms with Gasteiger partial charge in [0, 0.05) is 10.6 Å². The minimum absolute atomic E-state index is 0.759. The van der Waals surface area contributed by atoms with Crippen LogP contribution in [0.5, 0.6) is 0 Å². The van der Waals surface area contributed by atoms with Gasteiger partial charge in [0.2, 0.25) is 0 Å². The van der Waals surface area contributed by atoms with E-state index in [1.54, 1.807) is 0 Å². The van der Waals surface area contributed by atoms with E-state index in [0.717, 1.165) is 27.7 Å². The Hall–Kier alpha value is -1.21. The lowest BCUT2D eigenvalue weighted by Gasteiger charge is -2.02. The Labute approximate surface area is 88.3 Å². The monoisotopic (exact) mass is 206 g/mol. The summed E-state index contributed by atoms with van der Waals surface area (Å²) in [6.45, 7) is 3.97. The third-order valence-corrected chi connectivity index (χ3v) is 2.43. The number of halogens is 1. The van der Waals surface area contributed by atoms with Crippen LogP contribution in [0.2, 0.25) is 5.02 Å². The van der Waals surface area contributed by atoms with Gasteiger partial charge in [0.05, 0.1) is 0 Å². The zero-order chi connectivity index (χ0) is 10.1. The third-order valence-electron chi connectivity index (χ3n) is 2.19. The molecule has 0 bridgehead atoms. The maximum absolute atomic E-state index is 5.88. The van der Waals surface area contributed by atoms with Gasteiger partial charge in [0.15, 0.2) is 0 Å². The molecule has 0 fully saturated rings. The molecule has 0 aliphatic heterocycles. The molecule has 0 N–H and O–H groups in total. The van der Waals surface area contributed by atoms with Gasteiger partial charge in [-0.25, -0.2) is 0 Å². The first-order chi connectivity index (χ1) is 6.66. The van der Waals surface area contributed by atoms with Crippen molar-refractivity contribution in [1.29, 1.82) is 0 Å². The summed E-state index contributed by atoms with van der Waals surface area (Å²) in [5, 5.41) is 0.759. The lowest BCUT2D eigenvalue weighted by molar-refractivity contribution is 0.548. The highest BCUT2D eigenvalue weighted by molar-refractivity contribution is 6.30.